The Morgan fingerprint density at radius 2 is 0.787 bits per heavy atom. The predicted octanol–water partition coefficient (Wildman–Crippen LogP) is 10.4. The van der Waals surface area contributed by atoms with E-state index in [1.807, 2.05) is 84.9 Å². The summed E-state index contributed by atoms with van der Waals surface area (Å²) in [6.07, 6.45) is 10.2. The van der Waals surface area contributed by atoms with Crippen molar-refractivity contribution in [3.63, 3.8) is 0 Å². The van der Waals surface area contributed by atoms with Crippen LogP contribution in [0.3, 0.4) is 0 Å². The topological polar surface area (TPSA) is 75.3 Å². The molecule has 0 N–H and O–H groups in total. The summed E-state index contributed by atoms with van der Waals surface area (Å²) in [5.41, 5.74) is 5.66. The van der Waals surface area contributed by atoms with E-state index in [1.54, 1.807) is 0 Å². The van der Waals surface area contributed by atoms with Crippen LogP contribution in [0.25, 0.3) is 24.3 Å². The van der Waals surface area contributed by atoms with E-state index in [-0.39, 0.29) is 0 Å². The van der Waals surface area contributed by atoms with Crippen molar-refractivity contribution in [1.82, 2.24) is 0 Å². The summed E-state index contributed by atoms with van der Waals surface area (Å²) < 4.78 is 18.9. The van der Waals surface area contributed by atoms with Gasteiger partial charge in [-0.15, -0.1) is 0 Å². The van der Waals surface area contributed by atoms with Gasteiger partial charge in [-0.25, -0.2) is 0 Å². The average Bonchev–Trinajstić information content (AvgIpc) is 3.08. The molecule has 0 atom stereocenters. The third kappa shape index (κ3) is 12.6. The molecule has 0 heterocycles. The van der Waals surface area contributed by atoms with Gasteiger partial charge >= 0.3 is 0 Å². The molecule has 0 aliphatic heterocycles. The molecule has 4 aromatic rings. The van der Waals surface area contributed by atoms with Crippen molar-refractivity contribution in [2.24, 2.45) is 0 Å². The van der Waals surface area contributed by atoms with Crippen molar-refractivity contribution in [1.29, 1.82) is 10.5 Å². The highest BCUT2D eigenvalue weighted by molar-refractivity contribution is 6.84. The molecule has 7 heteroatoms. The van der Waals surface area contributed by atoms with Crippen LogP contribution in [0.5, 0.6) is 11.5 Å². The van der Waals surface area contributed by atoms with Crippen LogP contribution in [0.1, 0.15) is 46.2 Å². The summed E-state index contributed by atoms with van der Waals surface area (Å²) in [7, 11) is -3.62. The molecule has 0 radical (unpaired) electrons. The van der Waals surface area contributed by atoms with E-state index >= 15 is 0 Å². The lowest BCUT2D eigenvalue weighted by molar-refractivity contribution is 0.312. The van der Waals surface area contributed by atoms with Gasteiger partial charge in [0.05, 0.1) is 36.5 Å². The van der Waals surface area contributed by atoms with Crippen LogP contribution < -0.4 is 9.47 Å². The smallest absolute Gasteiger partial charge is 0.173 e. The number of hydrogen-bond donors (Lipinski definition) is 0. The Kier molecular flexibility index (Phi) is 13.0. The van der Waals surface area contributed by atoms with Crippen molar-refractivity contribution < 1.29 is 13.6 Å². The number of nitriles is 2. The maximum Gasteiger partial charge on any atom is 0.173 e. The van der Waals surface area contributed by atoms with Gasteiger partial charge in [-0.3, -0.25) is 0 Å². The number of hydrogen-bond acceptors (Lipinski definition) is 5. The molecule has 0 saturated carbocycles. The Hall–Kier alpha value is -4.67. The van der Waals surface area contributed by atoms with Gasteiger partial charge in [0, 0.05) is 0 Å². The van der Waals surface area contributed by atoms with Gasteiger partial charge < -0.3 is 13.6 Å². The van der Waals surface area contributed by atoms with Crippen LogP contribution in [-0.4, -0.2) is 29.8 Å². The zero-order valence-corrected chi connectivity index (χ0v) is 29.9. The zero-order valence-electron chi connectivity index (χ0n) is 27.9. The molecule has 0 fully saturated rings. The Morgan fingerprint density at radius 1 is 0.489 bits per heavy atom. The minimum absolute atomic E-state index is 0.666. The van der Waals surface area contributed by atoms with Crippen LogP contribution >= 0.6 is 0 Å². The van der Waals surface area contributed by atoms with E-state index in [9.17, 15) is 0 Å². The van der Waals surface area contributed by atoms with Crippen LogP contribution in [0.15, 0.2) is 97.1 Å². The SMILES string of the molecule is C[Si](C)(CCCOc1ccc(/C=C/c2ccc(C#N)cc2)cc1)O[Si](C)(C)CCCOc1ccc(/C=C/c2ccc(C#N)cc2)cc1. The summed E-state index contributed by atoms with van der Waals surface area (Å²) in [5, 5.41) is 17.9. The fourth-order valence-electron chi connectivity index (χ4n) is 5.30. The summed E-state index contributed by atoms with van der Waals surface area (Å²) in [5.74, 6) is 1.76. The van der Waals surface area contributed by atoms with E-state index < -0.39 is 16.6 Å². The highest BCUT2D eigenvalue weighted by Crippen LogP contribution is 2.25. The van der Waals surface area contributed by atoms with Crippen molar-refractivity contribution in [2.75, 3.05) is 13.2 Å². The Morgan fingerprint density at radius 3 is 1.09 bits per heavy atom. The Labute approximate surface area is 282 Å². The molecular weight excluding hydrogens is 613 g/mol. The largest absolute Gasteiger partial charge is 0.494 e. The van der Waals surface area contributed by atoms with Crippen molar-refractivity contribution in [3.05, 3.63) is 130 Å². The Bertz CT molecular complexity index is 1570. The monoisotopic (exact) mass is 656 g/mol. The molecule has 0 spiro atoms. The molecule has 47 heavy (non-hydrogen) atoms. The van der Waals surface area contributed by atoms with Gasteiger partial charge in [-0.2, -0.15) is 10.5 Å². The van der Waals surface area contributed by atoms with Gasteiger partial charge in [-0.05, 0) is 122 Å². The second kappa shape index (κ2) is 17.3. The lowest BCUT2D eigenvalue weighted by atomic mass is 10.1. The van der Waals surface area contributed by atoms with Crippen LogP contribution in [0.2, 0.25) is 38.3 Å². The first-order chi connectivity index (χ1) is 22.6. The maximum atomic E-state index is 8.94. The summed E-state index contributed by atoms with van der Waals surface area (Å²) in [6.45, 7) is 10.7. The maximum absolute atomic E-state index is 8.94. The first-order valence-electron chi connectivity index (χ1n) is 16.2. The molecule has 240 valence electrons. The summed E-state index contributed by atoms with van der Waals surface area (Å²) >= 11 is 0. The first kappa shape index (κ1) is 35.2. The molecule has 4 rings (SSSR count). The number of benzene rings is 4. The molecule has 0 saturated heterocycles. The molecule has 0 bridgehead atoms. The van der Waals surface area contributed by atoms with Gasteiger partial charge in [0.2, 0.25) is 0 Å². The number of ether oxygens (including phenoxy) is 2. The van der Waals surface area contributed by atoms with E-state index in [0.717, 1.165) is 58.7 Å². The molecule has 0 aliphatic carbocycles. The average molecular weight is 657 g/mol. The summed E-state index contributed by atoms with van der Waals surface area (Å²) in [6, 6.07) is 37.8. The fourth-order valence-corrected chi connectivity index (χ4v) is 14.1. The van der Waals surface area contributed by atoms with Gasteiger partial charge in [0.25, 0.3) is 0 Å². The van der Waals surface area contributed by atoms with Crippen molar-refractivity contribution in [2.45, 2.75) is 51.1 Å². The lowest BCUT2D eigenvalue weighted by Crippen LogP contribution is -2.44. The van der Waals surface area contributed by atoms with Crippen molar-refractivity contribution in [3.8, 4) is 23.6 Å². The van der Waals surface area contributed by atoms with E-state index in [4.69, 9.17) is 24.1 Å². The van der Waals surface area contributed by atoms with Crippen LogP contribution in [0, 0.1) is 22.7 Å². The summed E-state index contributed by atoms with van der Waals surface area (Å²) in [4.78, 5) is 0. The highest BCUT2D eigenvalue weighted by atomic mass is 28.4. The van der Waals surface area contributed by atoms with Crippen LogP contribution in [0.4, 0.5) is 0 Å². The third-order valence-electron chi connectivity index (χ3n) is 7.71. The number of rotatable bonds is 16. The van der Waals surface area contributed by atoms with E-state index in [0.29, 0.717) is 24.3 Å². The molecule has 4 aromatic carbocycles. The van der Waals surface area contributed by atoms with Gasteiger partial charge in [0.1, 0.15) is 11.5 Å². The predicted molar refractivity (Wildman–Crippen MR) is 199 cm³/mol. The van der Waals surface area contributed by atoms with Crippen LogP contribution in [-0.2, 0) is 4.12 Å². The zero-order chi connectivity index (χ0) is 33.5. The first-order valence-corrected chi connectivity index (χ1v) is 22.4. The minimum Gasteiger partial charge on any atom is -0.494 e. The molecule has 0 amide bonds. The quantitative estimate of drug-likeness (QED) is 0.0681. The van der Waals surface area contributed by atoms with E-state index in [1.165, 1.54) is 0 Å². The standard InChI is InChI=1S/C40H44N2O3Si2/c1-46(2,29-5-27-43-39-23-19-35(20-24-39)9-7-33-11-15-37(31-41)16-12-33)45-47(3,4)30-6-28-44-40-25-21-36(22-26-40)10-8-34-13-17-38(32-42)18-14-34/h7-26H,5-6,27-30H2,1-4H3/b9-7+,10-8+. The molecule has 5 nitrogen and oxygen atoms in total. The highest BCUT2D eigenvalue weighted by Gasteiger charge is 2.32. The van der Waals surface area contributed by atoms with Crippen molar-refractivity contribution >= 4 is 40.9 Å². The molecular formula is C40H44N2O3Si2. The molecule has 0 unspecified atom stereocenters. The second-order valence-electron chi connectivity index (χ2n) is 12.8. The lowest BCUT2D eigenvalue weighted by Gasteiger charge is -2.34. The normalized spacial score (nSPS) is 11.8. The minimum atomic E-state index is -1.81. The van der Waals surface area contributed by atoms with E-state index in [2.05, 4.69) is 74.7 Å². The third-order valence-corrected chi connectivity index (χ3v) is 15.2. The molecule has 0 aromatic heterocycles. The fraction of sp³-hybridized carbons (Fsp3) is 0.250. The van der Waals surface area contributed by atoms with Gasteiger partial charge in [-0.1, -0.05) is 72.8 Å². The number of nitrogens with zero attached hydrogens (tertiary/aromatic N) is 2. The Balaban J connectivity index is 1.11. The molecule has 0 aliphatic rings. The second-order valence-corrected chi connectivity index (χ2v) is 21.7. The van der Waals surface area contributed by atoms with Gasteiger partial charge in [0.15, 0.2) is 16.6 Å².